The maximum Gasteiger partial charge on any atom is 0.212 e. The van der Waals surface area contributed by atoms with E-state index in [1.54, 1.807) is 12.1 Å². The van der Waals surface area contributed by atoms with Gasteiger partial charge in [-0.2, -0.15) is 4.57 Å². The van der Waals surface area contributed by atoms with Gasteiger partial charge in [-0.1, -0.05) is 57.1 Å². The highest BCUT2D eigenvalue weighted by Gasteiger charge is 2.14. The normalized spacial score (nSPS) is 14.9. The lowest BCUT2D eigenvalue weighted by Crippen LogP contribution is -2.34. The number of hydrogen-bond donors (Lipinski definition) is 0. The molecule has 0 spiro atoms. The molecule has 0 bridgehead atoms. The quantitative estimate of drug-likeness (QED) is 0.292. The smallest absolute Gasteiger partial charge is 0.212 e. The molecule has 0 saturated heterocycles. The van der Waals surface area contributed by atoms with Crippen LogP contribution in [0, 0.1) is 11.7 Å². The Bertz CT molecular complexity index is 916. The van der Waals surface area contributed by atoms with Crippen LogP contribution < -0.4 is 9.30 Å². The number of para-hydroxylation sites is 1. The molecule has 0 N–H and O–H groups in total. The third-order valence-corrected chi connectivity index (χ3v) is 6.11. The molecule has 3 aromatic rings. The number of aromatic nitrogens is 1. The molecule has 1 fully saturated rings. The van der Waals surface area contributed by atoms with Gasteiger partial charge in [-0.15, -0.1) is 0 Å². The summed E-state index contributed by atoms with van der Waals surface area (Å²) in [7, 11) is 0. The number of fused-ring (bicyclic) bond motifs is 1. The van der Waals surface area contributed by atoms with Gasteiger partial charge in [0.25, 0.3) is 0 Å². The molecule has 1 aliphatic carbocycles. The summed E-state index contributed by atoms with van der Waals surface area (Å²) in [5, 5.41) is 1.16. The average molecular weight is 393 g/mol. The standard InChI is InChI=1S/C26H31FNO/c27-23-14-16-24(17-15-23)29-25-19-22-12-6-7-13-26(22)28(20-25)18-8-2-5-11-21-9-3-1-4-10-21/h6-7,12-17,19-21H,1-5,8-11,18H2/q+1. The maximum absolute atomic E-state index is 13.2. The van der Waals surface area contributed by atoms with Gasteiger partial charge in [-0.05, 0) is 42.7 Å². The van der Waals surface area contributed by atoms with Gasteiger partial charge in [-0.3, -0.25) is 0 Å². The van der Waals surface area contributed by atoms with Crippen molar-refractivity contribution >= 4 is 10.9 Å². The molecule has 1 saturated carbocycles. The maximum atomic E-state index is 13.2. The molecule has 0 unspecified atom stereocenters. The summed E-state index contributed by atoms with van der Waals surface area (Å²) in [6, 6.07) is 16.7. The van der Waals surface area contributed by atoms with Gasteiger partial charge in [-0.25, -0.2) is 4.39 Å². The van der Waals surface area contributed by atoms with Crippen LogP contribution in [0.1, 0.15) is 57.8 Å². The van der Waals surface area contributed by atoms with E-state index in [1.165, 1.54) is 75.4 Å². The van der Waals surface area contributed by atoms with Crippen LogP contribution in [0.5, 0.6) is 11.5 Å². The van der Waals surface area contributed by atoms with Gasteiger partial charge in [0.15, 0.2) is 5.75 Å². The fraction of sp³-hybridized carbons (Fsp3) is 0.423. The van der Waals surface area contributed by atoms with Crippen LogP contribution in [0.4, 0.5) is 4.39 Å². The van der Waals surface area contributed by atoms with Crippen LogP contribution in [-0.2, 0) is 6.54 Å². The van der Waals surface area contributed by atoms with Crippen LogP contribution in [0.3, 0.4) is 0 Å². The summed E-state index contributed by atoms with van der Waals surface area (Å²) in [6.07, 6.45) is 14.5. The minimum Gasteiger partial charge on any atom is -0.451 e. The van der Waals surface area contributed by atoms with Crippen molar-refractivity contribution < 1.29 is 13.7 Å². The van der Waals surface area contributed by atoms with Gasteiger partial charge in [0.1, 0.15) is 18.1 Å². The first-order valence-electron chi connectivity index (χ1n) is 11.1. The predicted octanol–water partition coefficient (Wildman–Crippen LogP) is 7.20. The number of unbranched alkanes of at least 4 members (excludes halogenated alkanes) is 2. The molecular formula is C26H31FNO+. The SMILES string of the molecule is Fc1ccc(Oc2cc3ccccc3[n+](CCCCCC3CCCCC3)c2)cc1. The number of halogens is 1. The molecule has 0 atom stereocenters. The molecule has 1 heterocycles. The predicted molar refractivity (Wildman–Crippen MR) is 116 cm³/mol. The van der Waals surface area contributed by atoms with E-state index in [9.17, 15) is 4.39 Å². The van der Waals surface area contributed by atoms with Crippen molar-refractivity contribution in [3.8, 4) is 11.5 Å². The van der Waals surface area contributed by atoms with Crippen molar-refractivity contribution in [3.05, 3.63) is 66.6 Å². The number of pyridine rings is 1. The lowest BCUT2D eigenvalue weighted by molar-refractivity contribution is -0.672. The van der Waals surface area contributed by atoms with Crippen molar-refractivity contribution in [2.24, 2.45) is 5.92 Å². The first kappa shape index (κ1) is 19.9. The van der Waals surface area contributed by atoms with Crippen molar-refractivity contribution in [1.29, 1.82) is 0 Å². The van der Waals surface area contributed by atoms with Crippen molar-refractivity contribution in [2.45, 2.75) is 64.3 Å². The Kier molecular flexibility index (Phi) is 6.76. The van der Waals surface area contributed by atoms with E-state index in [2.05, 4.69) is 41.1 Å². The summed E-state index contributed by atoms with van der Waals surface area (Å²) in [4.78, 5) is 0. The topological polar surface area (TPSA) is 13.1 Å². The monoisotopic (exact) mass is 392 g/mol. The number of benzene rings is 2. The third kappa shape index (κ3) is 5.56. The Morgan fingerprint density at radius 2 is 1.66 bits per heavy atom. The minimum atomic E-state index is -0.251. The van der Waals surface area contributed by atoms with Crippen LogP contribution in [-0.4, -0.2) is 0 Å². The van der Waals surface area contributed by atoms with Gasteiger partial charge < -0.3 is 4.74 Å². The molecule has 1 aromatic heterocycles. The van der Waals surface area contributed by atoms with Gasteiger partial charge in [0.05, 0.1) is 5.39 Å². The van der Waals surface area contributed by atoms with Gasteiger partial charge in [0, 0.05) is 18.6 Å². The zero-order valence-electron chi connectivity index (χ0n) is 17.2. The summed E-state index contributed by atoms with van der Waals surface area (Å²) >= 11 is 0. The van der Waals surface area contributed by atoms with Gasteiger partial charge in [0.2, 0.25) is 11.7 Å². The van der Waals surface area contributed by atoms with Crippen LogP contribution in [0.25, 0.3) is 10.9 Å². The van der Waals surface area contributed by atoms with Crippen LogP contribution >= 0.6 is 0 Å². The fourth-order valence-corrected chi connectivity index (χ4v) is 4.53. The Morgan fingerprint density at radius 1 is 0.862 bits per heavy atom. The number of ether oxygens (including phenoxy) is 1. The second-order valence-corrected chi connectivity index (χ2v) is 8.34. The van der Waals surface area contributed by atoms with E-state index >= 15 is 0 Å². The number of rotatable bonds is 8. The number of nitrogens with zero attached hydrogens (tertiary/aromatic N) is 1. The van der Waals surface area contributed by atoms with Crippen LogP contribution in [0.2, 0.25) is 0 Å². The summed E-state index contributed by atoms with van der Waals surface area (Å²) in [6.45, 7) is 0.992. The zero-order valence-corrected chi connectivity index (χ0v) is 17.2. The largest absolute Gasteiger partial charge is 0.451 e. The summed E-state index contributed by atoms with van der Waals surface area (Å²) in [5.41, 5.74) is 1.23. The van der Waals surface area contributed by atoms with Crippen molar-refractivity contribution in [3.63, 3.8) is 0 Å². The molecule has 2 aromatic carbocycles. The van der Waals surface area contributed by atoms with E-state index in [4.69, 9.17) is 4.74 Å². The first-order chi connectivity index (χ1) is 14.3. The molecule has 0 aliphatic heterocycles. The highest BCUT2D eigenvalue weighted by atomic mass is 19.1. The number of aryl methyl sites for hydroxylation is 1. The molecular weight excluding hydrogens is 361 g/mol. The minimum absolute atomic E-state index is 0.251. The lowest BCUT2D eigenvalue weighted by atomic mass is 9.85. The first-order valence-corrected chi connectivity index (χ1v) is 11.1. The molecule has 152 valence electrons. The Labute approximate surface area is 173 Å². The molecule has 3 heteroatoms. The van der Waals surface area contributed by atoms with E-state index < -0.39 is 0 Å². The van der Waals surface area contributed by atoms with E-state index in [-0.39, 0.29) is 5.82 Å². The third-order valence-electron chi connectivity index (χ3n) is 6.11. The van der Waals surface area contributed by atoms with Crippen molar-refractivity contribution in [2.75, 3.05) is 0 Å². The highest BCUT2D eigenvalue weighted by molar-refractivity contribution is 5.76. The molecule has 0 radical (unpaired) electrons. The Hall–Kier alpha value is -2.42. The summed E-state index contributed by atoms with van der Waals surface area (Å²) < 4.78 is 21.5. The molecule has 29 heavy (non-hydrogen) atoms. The van der Waals surface area contributed by atoms with Crippen LogP contribution in [0.15, 0.2) is 60.8 Å². The summed E-state index contributed by atoms with van der Waals surface area (Å²) in [5.74, 6) is 2.17. The number of hydrogen-bond acceptors (Lipinski definition) is 1. The Balaban J connectivity index is 1.39. The van der Waals surface area contributed by atoms with Crippen molar-refractivity contribution in [1.82, 2.24) is 0 Å². The van der Waals surface area contributed by atoms with E-state index in [0.717, 1.165) is 23.6 Å². The molecule has 4 rings (SSSR count). The Morgan fingerprint density at radius 3 is 2.48 bits per heavy atom. The zero-order chi connectivity index (χ0) is 19.9. The second kappa shape index (κ2) is 9.87. The highest BCUT2D eigenvalue weighted by Crippen LogP contribution is 2.28. The van der Waals surface area contributed by atoms with Gasteiger partial charge >= 0.3 is 0 Å². The lowest BCUT2D eigenvalue weighted by Gasteiger charge is -2.21. The molecule has 2 nitrogen and oxygen atoms in total. The fourth-order valence-electron chi connectivity index (χ4n) is 4.53. The average Bonchev–Trinajstić information content (AvgIpc) is 2.76. The van der Waals surface area contributed by atoms with E-state index in [1.807, 2.05) is 0 Å². The second-order valence-electron chi connectivity index (χ2n) is 8.34. The molecule has 1 aliphatic rings. The molecule has 0 amide bonds. The van der Waals surface area contributed by atoms with E-state index in [0.29, 0.717) is 5.75 Å².